The van der Waals surface area contributed by atoms with Crippen LogP contribution in [0.1, 0.15) is 5.56 Å². The average Bonchev–Trinajstić information content (AvgIpc) is 2.58. The molecule has 0 fully saturated rings. The molecule has 0 heterocycles. The van der Waals surface area contributed by atoms with Crippen molar-refractivity contribution >= 4 is 23.2 Å². The molecule has 0 unspecified atom stereocenters. The van der Waals surface area contributed by atoms with Crippen LogP contribution in [0, 0.1) is 34.9 Å². The zero-order valence-corrected chi connectivity index (χ0v) is 13.9. The van der Waals surface area contributed by atoms with Gasteiger partial charge in [-0.1, -0.05) is 17.7 Å². The third-order valence-electron chi connectivity index (χ3n) is 3.38. The van der Waals surface area contributed by atoms with Crippen LogP contribution in [0.25, 0.3) is 0 Å². The highest BCUT2D eigenvalue weighted by molar-refractivity contribution is 6.31. The number of amides is 1. The van der Waals surface area contributed by atoms with E-state index in [-0.39, 0.29) is 17.1 Å². The monoisotopic (exact) mass is 396 g/mol. The Balaban J connectivity index is 2.12. The third kappa shape index (κ3) is 4.10. The van der Waals surface area contributed by atoms with E-state index in [1.807, 2.05) is 0 Å². The lowest BCUT2D eigenvalue weighted by Gasteiger charge is -2.18. The molecule has 0 aliphatic heterocycles. The Hall–Kier alpha value is -2.26. The summed E-state index contributed by atoms with van der Waals surface area (Å²) in [6.07, 6.45) is 0. The molecule has 0 aliphatic rings. The van der Waals surface area contributed by atoms with E-state index >= 15 is 0 Å². The summed E-state index contributed by atoms with van der Waals surface area (Å²) in [5, 5.41) is 1.74. The predicted molar refractivity (Wildman–Crippen MR) is 82.6 cm³/mol. The smallest absolute Gasteiger partial charge is 0.238 e. The first kappa shape index (κ1) is 20.1. The molecule has 2 aromatic rings. The normalized spacial score (nSPS) is 11.1. The second kappa shape index (κ2) is 7.96. The molecule has 0 spiro atoms. The molecule has 1 N–H and O–H groups in total. The van der Waals surface area contributed by atoms with Crippen LogP contribution < -0.4 is 5.32 Å². The van der Waals surface area contributed by atoms with E-state index in [0.29, 0.717) is 0 Å². The number of carbonyl (C=O) groups excluding carboxylic acids is 1. The Morgan fingerprint density at radius 3 is 2.08 bits per heavy atom. The zero-order chi connectivity index (χ0) is 19.6. The summed E-state index contributed by atoms with van der Waals surface area (Å²) in [5.41, 5.74) is -1.37. The number of carbonyl (C=O) groups is 1. The largest absolute Gasteiger partial charge is 0.320 e. The molecule has 3 nitrogen and oxygen atoms in total. The molecule has 10 heteroatoms. The van der Waals surface area contributed by atoms with Crippen molar-refractivity contribution in [1.82, 2.24) is 4.90 Å². The molecule has 26 heavy (non-hydrogen) atoms. The lowest BCUT2D eigenvalue weighted by atomic mass is 10.2. The lowest BCUT2D eigenvalue weighted by molar-refractivity contribution is -0.117. The van der Waals surface area contributed by atoms with E-state index in [4.69, 9.17) is 11.6 Å². The summed E-state index contributed by atoms with van der Waals surface area (Å²) < 4.78 is 80.0. The van der Waals surface area contributed by atoms with E-state index in [1.165, 1.54) is 24.1 Å². The van der Waals surface area contributed by atoms with Gasteiger partial charge in [0.25, 0.3) is 0 Å². The van der Waals surface area contributed by atoms with Crippen molar-refractivity contribution in [2.75, 3.05) is 18.9 Å². The van der Waals surface area contributed by atoms with Crippen molar-refractivity contribution in [3.8, 4) is 0 Å². The zero-order valence-electron chi connectivity index (χ0n) is 13.1. The summed E-state index contributed by atoms with van der Waals surface area (Å²) >= 11 is 5.85. The van der Waals surface area contributed by atoms with Crippen LogP contribution >= 0.6 is 11.6 Å². The number of hydrogen-bond donors (Lipinski definition) is 1. The molecule has 0 bridgehead atoms. The van der Waals surface area contributed by atoms with Crippen LogP contribution in [0.5, 0.6) is 0 Å². The number of nitrogens with one attached hydrogen (secondary N) is 1. The van der Waals surface area contributed by atoms with Gasteiger partial charge in [0.1, 0.15) is 11.5 Å². The third-order valence-corrected chi connectivity index (χ3v) is 3.73. The molecule has 2 aromatic carbocycles. The maximum Gasteiger partial charge on any atom is 0.238 e. The van der Waals surface area contributed by atoms with Crippen molar-refractivity contribution < 1.29 is 31.1 Å². The molecule has 1 amide bonds. The second-order valence-electron chi connectivity index (χ2n) is 5.37. The van der Waals surface area contributed by atoms with Gasteiger partial charge in [-0.2, -0.15) is 0 Å². The average molecular weight is 397 g/mol. The number of nitrogens with zero attached hydrogens (tertiary/aromatic N) is 1. The highest BCUT2D eigenvalue weighted by Crippen LogP contribution is 2.27. The van der Waals surface area contributed by atoms with Crippen molar-refractivity contribution in [3.63, 3.8) is 0 Å². The van der Waals surface area contributed by atoms with Crippen LogP contribution in [0.4, 0.5) is 32.0 Å². The van der Waals surface area contributed by atoms with Gasteiger partial charge in [-0.15, -0.1) is 0 Å². The highest BCUT2D eigenvalue weighted by Gasteiger charge is 2.27. The second-order valence-corrected chi connectivity index (χ2v) is 5.77. The Kier molecular flexibility index (Phi) is 6.14. The summed E-state index contributed by atoms with van der Waals surface area (Å²) in [6, 6.07) is 3.98. The van der Waals surface area contributed by atoms with Gasteiger partial charge < -0.3 is 5.32 Å². The van der Waals surface area contributed by atoms with Crippen LogP contribution in [-0.4, -0.2) is 24.4 Å². The van der Waals surface area contributed by atoms with Crippen LogP contribution in [0.3, 0.4) is 0 Å². The first-order valence-corrected chi connectivity index (χ1v) is 7.44. The quantitative estimate of drug-likeness (QED) is 0.466. The Bertz CT molecular complexity index is 812. The molecular weight excluding hydrogens is 386 g/mol. The van der Waals surface area contributed by atoms with Crippen molar-refractivity contribution in [2.24, 2.45) is 0 Å². The van der Waals surface area contributed by atoms with Crippen molar-refractivity contribution in [1.29, 1.82) is 0 Å². The van der Waals surface area contributed by atoms with Crippen LogP contribution in [0.15, 0.2) is 18.2 Å². The molecule has 2 rings (SSSR count). The fourth-order valence-electron chi connectivity index (χ4n) is 2.15. The minimum Gasteiger partial charge on any atom is -0.320 e. The minimum atomic E-state index is -2.33. The first-order valence-electron chi connectivity index (χ1n) is 7.06. The number of hydrogen-bond acceptors (Lipinski definition) is 2. The fourth-order valence-corrected chi connectivity index (χ4v) is 2.37. The molecular formula is C16H11ClF6N2O. The molecule has 0 aromatic heterocycles. The summed E-state index contributed by atoms with van der Waals surface area (Å²) in [6.45, 7) is -0.653. The highest BCUT2D eigenvalue weighted by atomic mass is 35.5. The molecule has 0 saturated carbocycles. The van der Waals surface area contributed by atoms with E-state index in [2.05, 4.69) is 0 Å². The van der Waals surface area contributed by atoms with Crippen molar-refractivity contribution in [3.05, 3.63) is 63.7 Å². The molecule has 0 saturated heterocycles. The van der Waals surface area contributed by atoms with E-state index in [9.17, 15) is 31.1 Å². The summed E-state index contributed by atoms with van der Waals surface area (Å²) in [4.78, 5) is 13.1. The van der Waals surface area contributed by atoms with Gasteiger partial charge >= 0.3 is 0 Å². The number of likely N-dealkylation sites (N-methyl/N-ethyl adjacent to an activating group) is 1. The summed E-state index contributed by atoms with van der Waals surface area (Å²) in [5.74, 6) is -12.7. The Labute approximate surface area is 149 Å². The van der Waals surface area contributed by atoms with E-state index in [0.717, 1.165) is 6.07 Å². The number of benzene rings is 2. The molecule has 0 aliphatic carbocycles. The number of halogens is 7. The van der Waals surface area contributed by atoms with Gasteiger partial charge in [-0.05, 0) is 19.2 Å². The summed E-state index contributed by atoms with van der Waals surface area (Å²) in [7, 11) is 1.38. The van der Waals surface area contributed by atoms with Gasteiger partial charge in [0.2, 0.25) is 11.7 Å². The van der Waals surface area contributed by atoms with Gasteiger partial charge in [-0.25, -0.2) is 26.3 Å². The maximum absolute atomic E-state index is 13.7. The van der Waals surface area contributed by atoms with Gasteiger partial charge in [-0.3, -0.25) is 9.69 Å². The molecule has 0 atom stereocenters. The van der Waals surface area contributed by atoms with Gasteiger partial charge in [0, 0.05) is 17.1 Å². The molecule has 140 valence electrons. The molecule has 0 radical (unpaired) electrons. The first-order chi connectivity index (χ1) is 12.1. The van der Waals surface area contributed by atoms with Crippen LogP contribution in [-0.2, 0) is 11.3 Å². The standard InChI is InChI=1S/C16H11ClF6N2O/c1-25(5-7-8(17)3-2-4-9(7)18)6-10(26)24-16-14(22)12(20)11(19)13(21)15(16)23/h2-4H,5-6H2,1H3,(H,24,26). The fraction of sp³-hybridized carbons (Fsp3) is 0.188. The number of rotatable bonds is 5. The van der Waals surface area contributed by atoms with E-state index < -0.39 is 53.0 Å². The predicted octanol–water partition coefficient (Wildman–Crippen LogP) is 4.25. The topological polar surface area (TPSA) is 32.3 Å². The lowest BCUT2D eigenvalue weighted by Crippen LogP contribution is -2.31. The van der Waals surface area contributed by atoms with Crippen LogP contribution in [0.2, 0.25) is 5.02 Å². The minimum absolute atomic E-state index is 0.0840. The number of anilines is 1. The maximum atomic E-state index is 13.7. The SMILES string of the molecule is CN(CC(=O)Nc1c(F)c(F)c(F)c(F)c1F)Cc1c(F)cccc1Cl. The van der Waals surface area contributed by atoms with Gasteiger partial charge in [0.05, 0.1) is 6.54 Å². The van der Waals surface area contributed by atoms with E-state index in [1.54, 1.807) is 5.32 Å². The Morgan fingerprint density at radius 2 is 1.54 bits per heavy atom. The van der Waals surface area contributed by atoms with Gasteiger partial charge in [0.15, 0.2) is 23.3 Å². The Morgan fingerprint density at radius 1 is 1.00 bits per heavy atom. The van der Waals surface area contributed by atoms with Crippen molar-refractivity contribution in [2.45, 2.75) is 6.54 Å².